The van der Waals surface area contributed by atoms with Gasteiger partial charge in [0.25, 0.3) is 0 Å². The Hall–Kier alpha value is -3.20. The molecule has 37 heavy (non-hydrogen) atoms. The summed E-state index contributed by atoms with van der Waals surface area (Å²) in [5.41, 5.74) is 5.00. The number of hydrogen-bond donors (Lipinski definition) is 2. The highest BCUT2D eigenvalue weighted by Gasteiger charge is 2.26. The molecular formula is C28H32ClN7O. The number of aromatic nitrogens is 4. The summed E-state index contributed by atoms with van der Waals surface area (Å²) in [6, 6.07) is 16.5. The van der Waals surface area contributed by atoms with Crippen LogP contribution in [0.1, 0.15) is 25.8 Å². The topological polar surface area (TPSA) is 80.1 Å². The van der Waals surface area contributed by atoms with E-state index in [0.29, 0.717) is 36.1 Å². The third-order valence-corrected chi connectivity index (χ3v) is 7.67. The second-order valence-corrected chi connectivity index (χ2v) is 10.2. The fourth-order valence-electron chi connectivity index (χ4n) is 5.44. The van der Waals surface area contributed by atoms with E-state index >= 15 is 0 Å². The lowest BCUT2D eigenvalue weighted by molar-refractivity contribution is 0.122. The first-order valence-corrected chi connectivity index (χ1v) is 13.5. The van der Waals surface area contributed by atoms with Crippen LogP contribution in [0.5, 0.6) is 0 Å². The standard InChI is InChI=1S/C28H32ClN7O/c1-2-25(20-9-10-30-17-20)36-18-31-23-8-3-19(15-26(23)36)24-16-27(32-22-6-4-21(29)5-7-22)34-28(33-24)35-11-13-37-14-12-35/h3-8,15-16,18,20,25,30H,2,9-14,17H2,1H3,(H,32,33,34). The molecule has 2 fully saturated rings. The maximum Gasteiger partial charge on any atom is 0.228 e. The maximum absolute atomic E-state index is 6.09. The molecule has 0 saturated carbocycles. The zero-order valence-electron chi connectivity index (χ0n) is 21.0. The van der Waals surface area contributed by atoms with Gasteiger partial charge in [-0.3, -0.25) is 0 Å². The number of halogens is 1. The summed E-state index contributed by atoms with van der Waals surface area (Å²) in [4.78, 5) is 16.8. The molecule has 192 valence electrons. The predicted octanol–water partition coefficient (Wildman–Crippen LogP) is 5.29. The van der Waals surface area contributed by atoms with Crippen LogP contribution >= 0.6 is 11.6 Å². The van der Waals surface area contributed by atoms with Crippen molar-refractivity contribution < 1.29 is 4.74 Å². The Morgan fingerprint density at radius 3 is 2.70 bits per heavy atom. The van der Waals surface area contributed by atoms with Gasteiger partial charge < -0.3 is 24.8 Å². The minimum absolute atomic E-state index is 0.423. The summed E-state index contributed by atoms with van der Waals surface area (Å²) in [7, 11) is 0. The first-order chi connectivity index (χ1) is 18.2. The highest BCUT2D eigenvalue weighted by atomic mass is 35.5. The molecule has 2 aliphatic heterocycles. The van der Waals surface area contributed by atoms with Gasteiger partial charge in [0.15, 0.2) is 0 Å². The molecule has 2 unspecified atom stereocenters. The number of imidazole rings is 1. The molecule has 4 aromatic rings. The second kappa shape index (κ2) is 10.7. The molecule has 0 spiro atoms. The van der Waals surface area contributed by atoms with Gasteiger partial charge in [0.1, 0.15) is 5.82 Å². The van der Waals surface area contributed by atoms with Crippen LogP contribution in [-0.2, 0) is 4.74 Å². The fraction of sp³-hybridized carbons (Fsp3) is 0.393. The Kier molecular flexibility index (Phi) is 6.95. The Bertz CT molecular complexity index is 1360. The fourth-order valence-corrected chi connectivity index (χ4v) is 5.57. The minimum atomic E-state index is 0.423. The Labute approximate surface area is 222 Å². The Morgan fingerprint density at radius 2 is 1.95 bits per heavy atom. The molecule has 2 saturated heterocycles. The summed E-state index contributed by atoms with van der Waals surface area (Å²) in [5.74, 6) is 2.06. The molecular weight excluding hydrogens is 486 g/mol. The molecule has 8 nitrogen and oxygen atoms in total. The van der Waals surface area contributed by atoms with Crippen molar-refractivity contribution in [1.82, 2.24) is 24.8 Å². The molecule has 2 atom stereocenters. The van der Waals surface area contributed by atoms with Gasteiger partial charge in [-0.05, 0) is 68.2 Å². The van der Waals surface area contributed by atoms with Crippen LogP contribution in [0.3, 0.4) is 0 Å². The smallest absolute Gasteiger partial charge is 0.228 e. The van der Waals surface area contributed by atoms with Crippen LogP contribution in [0, 0.1) is 5.92 Å². The van der Waals surface area contributed by atoms with Gasteiger partial charge >= 0.3 is 0 Å². The van der Waals surface area contributed by atoms with Crippen molar-refractivity contribution in [1.29, 1.82) is 0 Å². The highest BCUT2D eigenvalue weighted by molar-refractivity contribution is 6.30. The molecule has 2 N–H and O–H groups in total. The predicted molar refractivity (Wildman–Crippen MR) is 149 cm³/mol. The maximum atomic E-state index is 6.09. The van der Waals surface area contributed by atoms with E-state index in [4.69, 9.17) is 31.3 Å². The van der Waals surface area contributed by atoms with E-state index in [1.807, 2.05) is 36.7 Å². The second-order valence-electron chi connectivity index (χ2n) is 9.75. The average molecular weight is 518 g/mol. The molecule has 4 heterocycles. The third kappa shape index (κ3) is 5.14. The zero-order valence-corrected chi connectivity index (χ0v) is 21.8. The monoisotopic (exact) mass is 517 g/mol. The van der Waals surface area contributed by atoms with Gasteiger partial charge in [0.05, 0.1) is 36.3 Å². The third-order valence-electron chi connectivity index (χ3n) is 7.41. The van der Waals surface area contributed by atoms with E-state index in [1.165, 1.54) is 6.42 Å². The molecule has 2 aliphatic rings. The average Bonchev–Trinajstić information content (AvgIpc) is 3.62. The molecule has 0 amide bonds. The van der Waals surface area contributed by atoms with Gasteiger partial charge in [0, 0.05) is 41.5 Å². The van der Waals surface area contributed by atoms with Crippen LogP contribution in [0.2, 0.25) is 5.02 Å². The normalized spacial score (nSPS) is 18.9. The Balaban J connectivity index is 1.39. The quantitative estimate of drug-likeness (QED) is 0.345. The molecule has 0 bridgehead atoms. The summed E-state index contributed by atoms with van der Waals surface area (Å²) in [5, 5.41) is 7.66. The van der Waals surface area contributed by atoms with Crippen molar-refractivity contribution in [3.63, 3.8) is 0 Å². The lowest BCUT2D eigenvalue weighted by atomic mass is 9.96. The van der Waals surface area contributed by atoms with Crippen LogP contribution < -0.4 is 15.5 Å². The van der Waals surface area contributed by atoms with Crippen LogP contribution in [0.4, 0.5) is 17.5 Å². The summed E-state index contributed by atoms with van der Waals surface area (Å²) in [6.45, 7) is 7.30. The van der Waals surface area contributed by atoms with Crippen LogP contribution in [0.15, 0.2) is 54.9 Å². The number of benzene rings is 2. The van der Waals surface area contributed by atoms with E-state index < -0.39 is 0 Å². The van der Waals surface area contributed by atoms with Crippen LogP contribution in [0.25, 0.3) is 22.3 Å². The van der Waals surface area contributed by atoms with E-state index in [-0.39, 0.29) is 0 Å². The number of nitrogens with one attached hydrogen (secondary N) is 2. The lowest BCUT2D eigenvalue weighted by Gasteiger charge is -2.27. The number of ether oxygens (including phenoxy) is 1. The van der Waals surface area contributed by atoms with Crippen molar-refractivity contribution in [2.24, 2.45) is 5.92 Å². The van der Waals surface area contributed by atoms with Crippen molar-refractivity contribution in [3.8, 4) is 11.3 Å². The van der Waals surface area contributed by atoms with Gasteiger partial charge in [0.2, 0.25) is 5.95 Å². The Morgan fingerprint density at radius 1 is 1.11 bits per heavy atom. The number of hydrogen-bond acceptors (Lipinski definition) is 7. The number of fused-ring (bicyclic) bond motifs is 1. The van der Waals surface area contributed by atoms with Crippen molar-refractivity contribution in [3.05, 3.63) is 59.9 Å². The SMILES string of the molecule is CCC(C1CCNC1)n1cnc2ccc(-c3cc(Nc4ccc(Cl)cc4)nc(N4CCOCC4)n3)cc21. The minimum Gasteiger partial charge on any atom is -0.378 e. The highest BCUT2D eigenvalue weighted by Crippen LogP contribution is 2.33. The van der Waals surface area contributed by atoms with E-state index in [1.54, 1.807) is 0 Å². The number of morpholine rings is 1. The molecule has 0 aliphatic carbocycles. The van der Waals surface area contributed by atoms with Crippen molar-refractivity contribution >= 4 is 40.1 Å². The van der Waals surface area contributed by atoms with Crippen molar-refractivity contribution in [2.75, 3.05) is 49.6 Å². The molecule has 6 rings (SSSR count). The lowest BCUT2D eigenvalue weighted by Crippen LogP contribution is -2.37. The molecule has 2 aromatic heterocycles. The first-order valence-electron chi connectivity index (χ1n) is 13.1. The van der Waals surface area contributed by atoms with Gasteiger partial charge in [-0.25, -0.2) is 9.97 Å². The van der Waals surface area contributed by atoms with Crippen LogP contribution in [-0.4, -0.2) is 58.9 Å². The number of nitrogens with zero attached hydrogens (tertiary/aromatic N) is 5. The van der Waals surface area contributed by atoms with E-state index in [2.05, 4.69) is 45.2 Å². The zero-order chi connectivity index (χ0) is 25.2. The van der Waals surface area contributed by atoms with E-state index in [9.17, 15) is 0 Å². The first kappa shape index (κ1) is 24.2. The number of rotatable bonds is 7. The number of anilines is 3. The van der Waals surface area contributed by atoms with Gasteiger partial charge in [-0.15, -0.1) is 0 Å². The van der Waals surface area contributed by atoms with Crippen molar-refractivity contribution in [2.45, 2.75) is 25.8 Å². The molecule has 0 radical (unpaired) electrons. The largest absolute Gasteiger partial charge is 0.378 e. The van der Waals surface area contributed by atoms with Gasteiger partial charge in [-0.1, -0.05) is 24.6 Å². The summed E-state index contributed by atoms with van der Waals surface area (Å²) in [6.07, 6.45) is 4.28. The molecule has 2 aromatic carbocycles. The summed E-state index contributed by atoms with van der Waals surface area (Å²) >= 11 is 6.09. The van der Waals surface area contributed by atoms with E-state index in [0.717, 1.165) is 66.4 Å². The van der Waals surface area contributed by atoms with Gasteiger partial charge in [-0.2, -0.15) is 4.98 Å². The molecule has 9 heteroatoms. The summed E-state index contributed by atoms with van der Waals surface area (Å²) < 4.78 is 7.93.